The summed E-state index contributed by atoms with van der Waals surface area (Å²) in [7, 11) is 1.76. The summed E-state index contributed by atoms with van der Waals surface area (Å²) in [5.41, 5.74) is 1.82. The summed E-state index contributed by atoms with van der Waals surface area (Å²) in [4.78, 5) is 47.2. The number of amides is 4. The summed E-state index contributed by atoms with van der Waals surface area (Å²) in [5, 5.41) is 3.51. The zero-order chi connectivity index (χ0) is 27.4. The van der Waals surface area contributed by atoms with Crippen LogP contribution in [-0.2, 0) is 16.1 Å². The minimum Gasteiger partial charge on any atom is -0.340 e. The van der Waals surface area contributed by atoms with Crippen LogP contribution in [0.15, 0.2) is 84.9 Å². The molecule has 0 saturated carbocycles. The summed E-state index contributed by atoms with van der Waals surface area (Å²) in [6.07, 6.45) is 0.943. The van der Waals surface area contributed by atoms with Crippen molar-refractivity contribution in [3.8, 4) is 0 Å². The first-order valence-electron chi connectivity index (χ1n) is 13.1. The van der Waals surface area contributed by atoms with Gasteiger partial charge in [0.05, 0.1) is 6.67 Å². The second-order valence-corrected chi connectivity index (χ2v) is 10.5. The SMILES string of the molecule is CN(Cc1ccccc1)C(=O)CN1CN(c2ccccc2)C2(CCN(C(=O)Nc3ccc(Cl)cc3)CC2)C1=O. The smallest absolute Gasteiger partial charge is 0.321 e. The number of anilines is 2. The number of nitrogens with zero attached hydrogens (tertiary/aromatic N) is 4. The molecule has 8 nitrogen and oxygen atoms in total. The fraction of sp³-hybridized carbons (Fsp3) is 0.300. The Bertz CT molecular complexity index is 1310. The van der Waals surface area contributed by atoms with Gasteiger partial charge in [0.15, 0.2) is 0 Å². The van der Waals surface area contributed by atoms with Gasteiger partial charge in [0.25, 0.3) is 5.91 Å². The third kappa shape index (κ3) is 5.71. The fourth-order valence-corrected chi connectivity index (χ4v) is 5.49. The summed E-state index contributed by atoms with van der Waals surface area (Å²) in [6, 6.07) is 26.4. The van der Waals surface area contributed by atoms with Gasteiger partial charge in [-0.25, -0.2) is 4.79 Å². The van der Waals surface area contributed by atoms with Crippen molar-refractivity contribution in [1.82, 2.24) is 14.7 Å². The van der Waals surface area contributed by atoms with Gasteiger partial charge in [-0.05, 0) is 54.8 Å². The molecule has 2 aliphatic rings. The Balaban J connectivity index is 1.29. The molecular weight excluding hydrogens is 514 g/mol. The standard InChI is InChI=1S/C30H32ClN5O3/c1-33(20-23-8-4-2-5-9-23)27(37)21-35-22-36(26-10-6-3-7-11-26)30(28(35)38)16-18-34(19-17-30)29(39)32-25-14-12-24(31)13-15-25/h2-15H,16-22H2,1H3,(H,32,39). The number of hydrogen-bond donors (Lipinski definition) is 1. The van der Waals surface area contributed by atoms with Crippen LogP contribution >= 0.6 is 11.6 Å². The van der Waals surface area contributed by atoms with E-state index in [9.17, 15) is 14.4 Å². The monoisotopic (exact) mass is 545 g/mol. The van der Waals surface area contributed by atoms with Crippen LogP contribution in [0.4, 0.5) is 16.2 Å². The number of piperidine rings is 1. The third-order valence-corrected chi connectivity index (χ3v) is 7.82. The quantitative estimate of drug-likeness (QED) is 0.488. The number of para-hydroxylation sites is 1. The molecule has 0 unspecified atom stereocenters. The molecule has 39 heavy (non-hydrogen) atoms. The fourth-order valence-electron chi connectivity index (χ4n) is 5.37. The maximum Gasteiger partial charge on any atom is 0.321 e. The predicted octanol–water partition coefficient (Wildman–Crippen LogP) is 4.67. The molecule has 3 aromatic rings. The average molecular weight is 546 g/mol. The summed E-state index contributed by atoms with van der Waals surface area (Å²) in [6.45, 7) is 1.65. The molecule has 5 rings (SSSR count). The van der Waals surface area contributed by atoms with Crippen LogP contribution in [0.2, 0.25) is 5.02 Å². The van der Waals surface area contributed by atoms with E-state index in [-0.39, 0.29) is 24.4 Å². The molecule has 3 aromatic carbocycles. The van der Waals surface area contributed by atoms with E-state index in [1.807, 2.05) is 60.7 Å². The summed E-state index contributed by atoms with van der Waals surface area (Å²) >= 11 is 5.95. The molecule has 0 atom stereocenters. The molecule has 2 aliphatic heterocycles. The van der Waals surface area contributed by atoms with Crippen molar-refractivity contribution in [2.75, 3.05) is 43.6 Å². The molecule has 4 amide bonds. The third-order valence-electron chi connectivity index (χ3n) is 7.57. The van der Waals surface area contributed by atoms with Crippen LogP contribution in [-0.4, -0.2) is 71.4 Å². The number of hydrogen-bond acceptors (Lipinski definition) is 4. The number of urea groups is 1. The van der Waals surface area contributed by atoms with E-state index in [0.717, 1.165) is 11.3 Å². The highest BCUT2D eigenvalue weighted by atomic mass is 35.5. The van der Waals surface area contributed by atoms with Gasteiger partial charge >= 0.3 is 6.03 Å². The van der Waals surface area contributed by atoms with Crippen LogP contribution in [0.5, 0.6) is 0 Å². The average Bonchev–Trinajstić information content (AvgIpc) is 3.21. The summed E-state index contributed by atoms with van der Waals surface area (Å²) in [5.74, 6) is -0.178. The number of likely N-dealkylation sites (N-methyl/N-ethyl adjacent to an activating group) is 1. The van der Waals surface area contributed by atoms with Gasteiger partial charge in [-0.1, -0.05) is 60.1 Å². The van der Waals surface area contributed by atoms with Crippen molar-refractivity contribution in [3.05, 3.63) is 95.5 Å². The van der Waals surface area contributed by atoms with E-state index >= 15 is 0 Å². The minimum atomic E-state index is -0.809. The molecule has 0 bridgehead atoms. The molecular formula is C30H32ClN5O3. The first kappa shape index (κ1) is 26.6. The number of carbonyl (C=O) groups is 3. The van der Waals surface area contributed by atoms with Crippen LogP contribution in [0.1, 0.15) is 18.4 Å². The normalized spacial score (nSPS) is 16.5. The number of nitrogens with one attached hydrogen (secondary N) is 1. The second kappa shape index (κ2) is 11.4. The lowest BCUT2D eigenvalue weighted by atomic mass is 9.85. The minimum absolute atomic E-state index is 0.00795. The highest BCUT2D eigenvalue weighted by Crippen LogP contribution is 2.39. The van der Waals surface area contributed by atoms with Crippen LogP contribution < -0.4 is 10.2 Å². The van der Waals surface area contributed by atoms with E-state index in [1.54, 1.807) is 46.0 Å². The van der Waals surface area contributed by atoms with Gasteiger partial charge in [0, 0.05) is 43.1 Å². The topological polar surface area (TPSA) is 76.2 Å². The van der Waals surface area contributed by atoms with Crippen molar-refractivity contribution in [2.24, 2.45) is 0 Å². The van der Waals surface area contributed by atoms with Crippen molar-refractivity contribution >= 4 is 40.8 Å². The van der Waals surface area contributed by atoms with Gasteiger partial charge in [-0.15, -0.1) is 0 Å². The van der Waals surface area contributed by atoms with Crippen LogP contribution in [0.25, 0.3) is 0 Å². The molecule has 1 N–H and O–H groups in total. The largest absolute Gasteiger partial charge is 0.340 e. The Hall–Kier alpha value is -4.04. The first-order chi connectivity index (χ1) is 18.9. The van der Waals surface area contributed by atoms with E-state index in [2.05, 4.69) is 10.2 Å². The number of likely N-dealkylation sites (tertiary alicyclic amines) is 1. The maximum atomic E-state index is 14.0. The lowest BCUT2D eigenvalue weighted by molar-refractivity contribution is -0.140. The Kier molecular flexibility index (Phi) is 7.74. The second-order valence-electron chi connectivity index (χ2n) is 10.1. The van der Waals surface area contributed by atoms with Crippen molar-refractivity contribution in [2.45, 2.75) is 24.9 Å². The van der Waals surface area contributed by atoms with Crippen molar-refractivity contribution < 1.29 is 14.4 Å². The number of benzene rings is 3. The zero-order valence-electron chi connectivity index (χ0n) is 21.9. The van der Waals surface area contributed by atoms with E-state index in [4.69, 9.17) is 11.6 Å². The zero-order valence-corrected chi connectivity index (χ0v) is 22.7. The maximum absolute atomic E-state index is 14.0. The van der Waals surface area contributed by atoms with Gasteiger partial charge < -0.3 is 24.9 Å². The Morgan fingerprint density at radius 3 is 2.18 bits per heavy atom. The highest BCUT2D eigenvalue weighted by molar-refractivity contribution is 6.30. The Morgan fingerprint density at radius 2 is 1.54 bits per heavy atom. The van der Waals surface area contributed by atoms with E-state index < -0.39 is 5.54 Å². The van der Waals surface area contributed by atoms with Gasteiger partial charge in [-0.3, -0.25) is 9.59 Å². The van der Waals surface area contributed by atoms with Crippen molar-refractivity contribution in [3.63, 3.8) is 0 Å². The molecule has 2 heterocycles. The molecule has 1 spiro atoms. The molecule has 202 valence electrons. The first-order valence-corrected chi connectivity index (χ1v) is 13.4. The number of rotatable bonds is 6. The molecule has 2 fully saturated rings. The van der Waals surface area contributed by atoms with Gasteiger partial charge in [0.1, 0.15) is 12.1 Å². The van der Waals surface area contributed by atoms with Gasteiger partial charge in [0.2, 0.25) is 5.91 Å². The lowest BCUT2D eigenvalue weighted by Crippen LogP contribution is -2.58. The van der Waals surface area contributed by atoms with Crippen molar-refractivity contribution in [1.29, 1.82) is 0 Å². The molecule has 0 aromatic heterocycles. The Labute approximate surface area is 233 Å². The van der Waals surface area contributed by atoms with Crippen LogP contribution in [0.3, 0.4) is 0 Å². The van der Waals surface area contributed by atoms with Crippen LogP contribution in [0, 0.1) is 0 Å². The van der Waals surface area contributed by atoms with Gasteiger partial charge in [-0.2, -0.15) is 0 Å². The number of halogens is 1. The molecule has 2 saturated heterocycles. The highest BCUT2D eigenvalue weighted by Gasteiger charge is 2.54. The Morgan fingerprint density at radius 1 is 0.923 bits per heavy atom. The van der Waals surface area contributed by atoms with E-state index in [1.165, 1.54) is 0 Å². The number of carbonyl (C=O) groups excluding carboxylic acids is 3. The summed E-state index contributed by atoms with van der Waals surface area (Å²) < 4.78 is 0. The molecule has 9 heteroatoms. The lowest BCUT2D eigenvalue weighted by Gasteiger charge is -2.43. The predicted molar refractivity (Wildman–Crippen MR) is 152 cm³/mol. The molecule has 0 radical (unpaired) electrons. The van der Waals surface area contributed by atoms with E-state index in [0.29, 0.717) is 49.9 Å². The molecule has 0 aliphatic carbocycles.